The normalized spacial score (nSPS) is 10.7. The molecule has 0 saturated carbocycles. The number of benzene rings is 2. The van der Waals surface area contributed by atoms with Crippen LogP contribution in [0.1, 0.15) is 5.56 Å². The Hall–Kier alpha value is -1.88. The number of thiazole rings is 1. The van der Waals surface area contributed by atoms with Crippen molar-refractivity contribution in [3.05, 3.63) is 58.4 Å². The number of aromatic nitrogens is 1. The molecule has 2 aromatic carbocycles. The molecule has 0 aliphatic carbocycles. The smallest absolute Gasteiger partial charge is 0.137 e. The number of halogens is 1. The maximum atomic E-state index is 6.18. The fourth-order valence-electron chi connectivity index (χ4n) is 2.15. The van der Waals surface area contributed by atoms with E-state index in [1.54, 1.807) is 18.4 Å². The number of nitrogens with two attached hydrogens (primary N) is 1. The van der Waals surface area contributed by atoms with E-state index in [9.17, 15) is 0 Å². The number of ether oxygens (including phenoxy) is 1. The standard InChI is InChI=1S/C17H15ClN2OS/c1-21-16-7-6-13(8-14(16)18)15-10-22-17(20-15)12-4-2-11(9-19)3-5-12/h2-8,10H,9,19H2,1H3. The highest BCUT2D eigenvalue weighted by atomic mass is 35.5. The zero-order valence-electron chi connectivity index (χ0n) is 12.0. The van der Waals surface area contributed by atoms with E-state index in [0.717, 1.165) is 27.4 Å². The summed E-state index contributed by atoms with van der Waals surface area (Å²) in [6.45, 7) is 0.549. The molecule has 0 radical (unpaired) electrons. The second-order valence-corrected chi connectivity index (χ2v) is 6.05. The Balaban J connectivity index is 1.91. The predicted octanol–water partition coefficient (Wildman–Crippen LogP) is 4.60. The summed E-state index contributed by atoms with van der Waals surface area (Å²) in [4.78, 5) is 4.69. The first-order valence-corrected chi connectivity index (χ1v) is 8.06. The Morgan fingerprint density at radius 1 is 1.14 bits per heavy atom. The third-order valence-corrected chi connectivity index (χ3v) is 4.58. The second-order valence-electron chi connectivity index (χ2n) is 4.79. The first-order valence-electron chi connectivity index (χ1n) is 6.80. The van der Waals surface area contributed by atoms with Gasteiger partial charge in [0.1, 0.15) is 10.8 Å². The molecular formula is C17H15ClN2OS. The van der Waals surface area contributed by atoms with Crippen molar-refractivity contribution >= 4 is 22.9 Å². The van der Waals surface area contributed by atoms with E-state index in [0.29, 0.717) is 17.3 Å². The molecule has 0 aliphatic heterocycles. The maximum absolute atomic E-state index is 6.18. The van der Waals surface area contributed by atoms with Crippen molar-refractivity contribution in [3.63, 3.8) is 0 Å². The highest BCUT2D eigenvalue weighted by molar-refractivity contribution is 7.13. The lowest BCUT2D eigenvalue weighted by atomic mass is 10.1. The van der Waals surface area contributed by atoms with Gasteiger partial charge in [-0.25, -0.2) is 4.98 Å². The Labute approximate surface area is 138 Å². The average molecular weight is 331 g/mol. The molecule has 1 heterocycles. The monoisotopic (exact) mass is 330 g/mol. The molecule has 0 amide bonds. The zero-order chi connectivity index (χ0) is 15.5. The second kappa shape index (κ2) is 6.48. The molecule has 22 heavy (non-hydrogen) atoms. The van der Waals surface area contributed by atoms with Crippen molar-refractivity contribution in [1.29, 1.82) is 0 Å². The van der Waals surface area contributed by atoms with E-state index in [1.807, 2.05) is 47.8 Å². The lowest BCUT2D eigenvalue weighted by molar-refractivity contribution is 0.415. The van der Waals surface area contributed by atoms with Gasteiger partial charge in [-0.15, -0.1) is 11.3 Å². The minimum atomic E-state index is 0.549. The van der Waals surface area contributed by atoms with Gasteiger partial charge in [0.15, 0.2) is 0 Å². The summed E-state index contributed by atoms with van der Waals surface area (Å²) in [6, 6.07) is 13.8. The summed E-state index contributed by atoms with van der Waals surface area (Å²) < 4.78 is 5.17. The molecule has 5 heteroatoms. The number of methoxy groups -OCH3 is 1. The maximum Gasteiger partial charge on any atom is 0.137 e. The minimum Gasteiger partial charge on any atom is -0.495 e. The van der Waals surface area contributed by atoms with Gasteiger partial charge in [0.2, 0.25) is 0 Å². The van der Waals surface area contributed by atoms with Crippen LogP contribution in [0, 0.1) is 0 Å². The highest BCUT2D eigenvalue weighted by Crippen LogP contribution is 2.33. The molecule has 0 bridgehead atoms. The molecule has 0 fully saturated rings. The largest absolute Gasteiger partial charge is 0.495 e. The fraction of sp³-hybridized carbons (Fsp3) is 0.118. The molecule has 0 saturated heterocycles. The third-order valence-electron chi connectivity index (χ3n) is 3.39. The lowest BCUT2D eigenvalue weighted by Crippen LogP contribution is -1.95. The van der Waals surface area contributed by atoms with Gasteiger partial charge in [-0.05, 0) is 23.8 Å². The van der Waals surface area contributed by atoms with Gasteiger partial charge in [-0.3, -0.25) is 0 Å². The summed E-state index contributed by atoms with van der Waals surface area (Å²) in [6.07, 6.45) is 0. The molecule has 3 rings (SSSR count). The van der Waals surface area contributed by atoms with Crippen LogP contribution < -0.4 is 10.5 Å². The van der Waals surface area contributed by atoms with E-state index in [2.05, 4.69) is 0 Å². The van der Waals surface area contributed by atoms with Crippen molar-refractivity contribution in [3.8, 4) is 27.6 Å². The first kappa shape index (κ1) is 15.0. The highest BCUT2D eigenvalue weighted by Gasteiger charge is 2.09. The first-order chi connectivity index (χ1) is 10.7. The molecule has 3 aromatic rings. The van der Waals surface area contributed by atoms with Crippen molar-refractivity contribution in [1.82, 2.24) is 4.98 Å². The fourth-order valence-corrected chi connectivity index (χ4v) is 3.24. The molecule has 3 nitrogen and oxygen atoms in total. The van der Waals surface area contributed by atoms with Crippen LogP contribution in [0.15, 0.2) is 47.8 Å². The minimum absolute atomic E-state index is 0.549. The topological polar surface area (TPSA) is 48.1 Å². The van der Waals surface area contributed by atoms with Crippen LogP contribution in [0.2, 0.25) is 5.02 Å². The summed E-state index contributed by atoms with van der Waals surface area (Å²) in [7, 11) is 1.60. The number of hydrogen-bond acceptors (Lipinski definition) is 4. The van der Waals surface area contributed by atoms with Crippen molar-refractivity contribution < 1.29 is 4.74 Å². The van der Waals surface area contributed by atoms with Crippen LogP contribution in [-0.4, -0.2) is 12.1 Å². The van der Waals surface area contributed by atoms with Crippen molar-refractivity contribution in [2.24, 2.45) is 5.73 Å². The summed E-state index contributed by atoms with van der Waals surface area (Å²) >= 11 is 7.79. The molecule has 2 N–H and O–H groups in total. The lowest BCUT2D eigenvalue weighted by Gasteiger charge is -2.04. The van der Waals surface area contributed by atoms with Crippen LogP contribution >= 0.6 is 22.9 Å². The zero-order valence-corrected chi connectivity index (χ0v) is 13.6. The molecule has 0 unspecified atom stereocenters. The van der Waals surface area contributed by atoms with Gasteiger partial charge >= 0.3 is 0 Å². The molecule has 112 valence electrons. The Bertz CT molecular complexity index is 784. The molecule has 1 aromatic heterocycles. The average Bonchev–Trinajstić information content (AvgIpc) is 3.05. The summed E-state index contributed by atoms with van der Waals surface area (Å²) in [5.74, 6) is 0.665. The Kier molecular flexibility index (Phi) is 4.43. The van der Waals surface area contributed by atoms with Gasteiger partial charge in [0.05, 0.1) is 17.8 Å². The SMILES string of the molecule is COc1ccc(-c2csc(-c3ccc(CN)cc3)n2)cc1Cl. The summed E-state index contributed by atoms with van der Waals surface area (Å²) in [5, 5.41) is 3.59. The quantitative estimate of drug-likeness (QED) is 0.760. The van der Waals surface area contributed by atoms with Gasteiger partial charge in [0, 0.05) is 23.1 Å². The van der Waals surface area contributed by atoms with E-state index in [-0.39, 0.29) is 0 Å². The van der Waals surface area contributed by atoms with Crippen LogP contribution in [0.5, 0.6) is 5.75 Å². The molecule has 0 atom stereocenters. The van der Waals surface area contributed by atoms with Crippen molar-refractivity contribution in [2.45, 2.75) is 6.54 Å². The number of hydrogen-bond donors (Lipinski definition) is 1. The molecule has 0 aliphatic rings. The van der Waals surface area contributed by atoms with Crippen LogP contribution in [0.3, 0.4) is 0 Å². The van der Waals surface area contributed by atoms with E-state index >= 15 is 0 Å². The van der Waals surface area contributed by atoms with Gasteiger partial charge in [0.25, 0.3) is 0 Å². The van der Waals surface area contributed by atoms with E-state index in [4.69, 9.17) is 27.1 Å². The summed E-state index contributed by atoms with van der Waals surface area (Å²) in [5.41, 5.74) is 9.71. The van der Waals surface area contributed by atoms with E-state index < -0.39 is 0 Å². The predicted molar refractivity (Wildman–Crippen MR) is 92.4 cm³/mol. The van der Waals surface area contributed by atoms with Crippen LogP contribution in [0.4, 0.5) is 0 Å². The van der Waals surface area contributed by atoms with E-state index in [1.165, 1.54) is 0 Å². The molecule has 0 spiro atoms. The Morgan fingerprint density at radius 2 is 1.86 bits per heavy atom. The third kappa shape index (κ3) is 2.99. The Morgan fingerprint density at radius 3 is 2.50 bits per heavy atom. The van der Waals surface area contributed by atoms with Crippen LogP contribution in [0.25, 0.3) is 21.8 Å². The van der Waals surface area contributed by atoms with Crippen molar-refractivity contribution in [2.75, 3.05) is 7.11 Å². The number of rotatable bonds is 4. The van der Waals surface area contributed by atoms with Crippen LogP contribution in [-0.2, 0) is 6.54 Å². The van der Waals surface area contributed by atoms with Gasteiger partial charge < -0.3 is 10.5 Å². The molecular weight excluding hydrogens is 316 g/mol. The van der Waals surface area contributed by atoms with Gasteiger partial charge in [-0.2, -0.15) is 0 Å². The van der Waals surface area contributed by atoms with Gasteiger partial charge in [-0.1, -0.05) is 35.9 Å². The number of nitrogens with zero attached hydrogens (tertiary/aromatic N) is 1.